The number of benzene rings is 1. The van der Waals surface area contributed by atoms with E-state index in [2.05, 4.69) is 29.3 Å². The third-order valence-corrected chi connectivity index (χ3v) is 6.86. The van der Waals surface area contributed by atoms with Gasteiger partial charge in [-0.3, -0.25) is 9.59 Å². The number of allylic oxidation sites excluding steroid dienone is 4. The first kappa shape index (κ1) is 29.0. The maximum Gasteiger partial charge on any atom is 0.328 e. The molecule has 0 spiro atoms. The Hall–Kier alpha value is -3.61. The van der Waals surface area contributed by atoms with Crippen molar-refractivity contribution < 1.29 is 19.1 Å². The third-order valence-electron chi connectivity index (χ3n) is 6.86. The molecule has 2 N–H and O–H groups in total. The van der Waals surface area contributed by atoms with Crippen molar-refractivity contribution in [2.75, 3.05) is 19.7 Å². The van der Waals surface area contributed by atoms with Gasteiger partial charge < -0.3 is 20.3 Å². The first-order valence-electron chi connectivity index (χ1n) is 13.7. The summed E-state index contributed by atoms with van der Waals surface area (Å²) in [4.78, 5) is 40.8. The summed E-state index contributed by atoms with van der Waals surface area (Å²) in [6.07, 6.45) is 15.3. The van der Waals surface area contributed by atoms with Gasteiger partial charge in [0.05, 0.1) is 6.61 Å². The van der Waals surface area contributed by atoms with Gasteiger partial charge in [0, 0.05) is 32.1 Å². The van der Waals surface area contributed by atoms with Crippen LogP contribution in [0.3, 0.4) is 0 Å². The van der Waals surface area contributed by atoms with Crippen LogP contribution in [0.1, 0.15) is 57.4 Å². The number of hydrogen-bond donors (Lipinski definition) is 2. The van der Waals surface area contributed by atoms with Crippen molar-refractivity contribution in [3.63, 3.8) is 0 Å². The summed E-state index contributed by atoms with van der Waals surface area (Å²) < 4.78 is 5.27. The van der Waals surface area contributed by atoms with Gasteiger partial charge in [-0.05, 0) is 55.7 Å². The molecule has 1 aromatic rings. The molecule has 2 aliphatic heterocycles. The maximum atomic E-state index is 13.3. The number of aryl methyl sites for hydroxylation is 1. The molecular formula is C31H41N3O4. The predicted molar refractivity (Wildman–Crippen MR) is 150 cm³/mol. The van der Waals surface area contributed by atoms with Gasteiger partial charge in [0.15, 0.2) is 0 Å². The van der Waals surface area contributed by atoms with Crippen molar-refractivity contribution in [2.45, 2.75) is 70.4 Å². The van der Waals surface area contributed by atoms with Crippen LogP contribution in [0.5, 0.6) is 0 Å². The number of nitrogens with zero attached hydrogens (tertiary/aromatic N) is 1. The second-order valence-corrected chi connectivity index (χ2v) is 9.70. The van der Waals surface area contributed by atoms with Gasteiger partial charge in [-0.1, -0.05) is 67.6 Å². The number of likely N-dealkylation sites (tertiary alicyclic amines) is 1. The van der Waals surface area contributed by atoms with Crippen molar-refractivity contribution in [3.8, 4) is 0 Å². The van der Waals surface area contributed by atoms with Crippen molar-refractivity contribution in [1.29, 1.82) is 0 Å². The van der Waals surface area contributed by atoms with Gasteiger partial charge in [0.1, 0.15) is 12.1 Å². The number of nitrogens with one attached hydrogen (secondary N) is 2. The van der Waals surface area contributed by atoms with E-state index in [-0.39, 0.29) is 24.8 Å². The van der Waals surface area contributed by atoms with Crippen LogP contribution >= 0.6 is 0 Å². The predicted octanol–water partition coefficient (Wildman–Crippen LogP) is 4.37. The first-order chi connectivity index (χ1) is 18.5. The molecule has 0 aliphatic carbocycles. The Kier molecular flexibility index (Phi) is 11.9. The minimum atomic E-state index is -0.870. The van der Waals surface area contributed by atoms with Crippen molar-refractivity contribution in [1.82, 2.24) is 15.5 Å². The molecule has 1 saturated heterocycles. The summed E-state index contributed by atoms with van der Waals surface area (Å²) >= 11 is 0. The average Bonchev–Trinajstić information content (AvgIpc) is 3.44. The van der Waals surface area contributed by atoms with E-state index in [1.165, 1.54) is 5.56 Å². The van der Waals surface area contributed by atoms with Gasteiger partial charge in [0.25, 0.3) is 0 Å². The number of unbranched alkanes of at least 4 members (excludes halogenated alkanes) is 2. The maximum absolute atomic E-state index is 13.3. The molecule has 0 aromatic heterocycles. The van der Waals surface area contributed by atoms with Crippen molar-refractivity contribution in [2.24, 2.45) is 0 Å². The molecule has 2 amide bonds. The Morgan fingerprint density at radius 3 is 2.76 bits per heavy atom. The van der Waals surface area contributed by atoms with Gasteiger partial charge in [-0.25, -0.2) is 4.79 Å². The molecule has 0 radical (unpaired) electrons. The van der Waals surface area contributed by atoms with Gasteiger partial charge >= 0.3 is 5.97 Å². The fourth-order valence-electron chi connectivity index (χ4n) is 4.79. The second-order valence-electron chi connectivity index (χ2n) is 9.70. The molecule has 7 nitrogen and oxygen atoms in total. The van der Waals surface area contributed by atoms with Crippen LogP contribution in [0.15, 0.2) is 78.6 Å². The summed E-state index contributed by atoms with van der Waals surface area (Å²) in [6, 6.07) is 8.91. The van der Waals surface area contributed by atoms with E-state index in [0.717, 1.165) is 43.3 Å². The zero-order valence-corrected chi connectivity index (χ0v) is 22.5. The highest BCUT2D eigenvalue weighted by molar-refractivity contribution is 5.91. The fourth-order valence-corrected chi connectivity index (χ4v) is 4.79. The molecule has 3 rings (SSSR count). The van der Waals surface area contributed by atoms with Gasteiger partial charge in [0.2, 0.25) is 11.8 Å². The SMILES string of the molecule is C=C1/C=C\C=C/CN/C=C\1CC(NC(=O)C1CCCN1C(=O)CCCCCc1ccccc1)C(=O)OCC. The smallest absolute Gasteiger partial charge is 0.328 e. The fraction of sp³-hybridized carbons (Fsp3) is 0.452. The van der Waals surface area contributed by atoms with Crippen LogP contribution < -0.4 is 10.6 Å². The van der Waals surface area contributed by atoms with E-state index < -0.39 is 18.1 Å². The topological polar surface area (TPSA) is 87.7 Å². The third kappa shape index (κ3) is 9.05. The lowest BCUT2D eigenvalue weighted by Crippen LogP contribution is -2.51. The average molecular weight is 520 g/mol. The highest BCUT2D eigenvalue weighted by Gasteiger charge is 2.36. The van der Waals surface area contributed by atoms with E-state index in [4.69, 9.17) is 4.74 Å². The highest BCUT2D eigenvalue weighted by Crippen LogP contribution is 2.22. The highest BCUT2D eigenvalue weighted by atomic mass is 16.5. The molecule has 204 valence electrons. The van der Waals surface area contributed by atoms with Crippen LogP contribution in [0.25, 0.3) is 0 Å². The van der Waals surface area contributed by atoms with Crippen molar-refractivity contribution in [3.05, 3.63) is 84.1 Å². The van der Waals surface area contributed by atoms with Crippen molar-refractivity contribution >= 4 is 17.8 Å². The van der Waals surface area contributed by atoms with Crippen LogP contribution in [0.4, 0.5) is 0 Å². The minimum absolute atomic E-state index is 0.00392. The zero-order chi connectivity index (χ0) is 27.2. The Labute approximate surface area is 226 Å². The van der Waals surface area contributed by atoms with Gasteiger partial charge in [-0.15, -0.1) is 0 Å². The largest absolute Gasteiger partial charge is 0.464 e. The minimum Gasteiger partial charge on any atom is -0.464 e. The number of hydrogen-bond acceptors (Lipinski definition) is 5. The Balaban J connectivity index is 1.55. The van der Waals surface area contributed by atoms with Crippen LogP contribution in [-0.4, -0.2) is 54.5 Å². The quantitative estimate of drug-likeness (QED) is 0.316. The Morgan fingerprint density at radius 1 is 1.16 bits per heavy atom. The molecule has 2 heterocycles. The van der Waals surface area contributed by atoms with E-state index in [1.54, 1.807) is 11.8 Å². The lowest BCUT2D eigenvalue weighted by molar-refractivity contribution is -0.148. The summed E-state index contributed by atoms with van der Waals surface area (Å²) in [5.41, 5.74) is 2.86. The van der Waals surface area contributed by atoms with Crippen LogP contribution in [0.2, 0.25) is 0 Å². The summed E-state index contributed by atoms with van der Waals surface area (Å²) in [5.74, 6) is -0.799. The molecule has 38 heavy (non-hydrogen) atoms. The normalized spacial score (nSPS) is 21.1. The molecule has 1 aromatic carbocycles. The molecule has 2 atom stereocenters. The zero-order valence-electron chi connectivity index (χ0n) is 22.5. The summed E-state index contributed by atoms with van der Waals surface area (Å²) in [6.45, 7) is 7.26. The lowest BCUT2D eigenvalue weighted by Gasteiger charge is -2.26. The molecule has 0 saturated carbocycles. The van der Waals surface area contributed by atoms with E-state index in [1.807, 2.05) is 48.7 Å². The lowest BCUT2D eigenvalue weighted by atomic mass is 9.99. The molecule has 2 aliphatic rings. The number of esters is 1. The van der Waals surface area contributed by atoms with E-state index >= 15 is 0 Å². The Morgan fingerprint density at radius 2 is 1.97 bits per heavy atom. The Bertz CT molecular complexity index is 1040. The van der Waals surface area contributed by atoms with E-state index in [9.17, 15) is 14.4 Å². The number of carbonyl (C=O) groups excluding carboxylic acids is 3. The summed E-state index contributed by atoms with van der Waals surface area (Å²) in [5, 5.41) is 6.07. The molecule has 0 bridgehead atoms. The van der Waals surface area contributed by atoms with E-state index in [0.29, 0.717) is 25.9 Å². The number of rotatable bonds is 12. The number of carbonyl (C=O) groups is 3. The molecule has 7 heteroatoms. The summed E-state index contributed by atoms with van der Waals surface area (Å²) in [7, 11) is 0. The molecule has 2 unspecified atom stereocenters. The standard InChI is InChI=1S/C31H41N3O4/c1-3-38-31(37)27(22-26-23-32-20-12-6-7-14-24(26)2)33-30(36)28-18-13-21-34(28)29(35)19-11-5-10-17-25-15-8-4-9-16-25/h4,6-9,12,14-16,23,27-28,32H,2-3,5,10-11,13,17-22H2,1H3,(H,33,36)/b12-6-,14-7-,26-23-. The monoisotopic (exact) mass is 519 g/mol. The second kappa shape index (κ2) is 15.6. The first-order valence-corrected chi connectivity index (χ1v) is 13.7. The van der Waals surface area contributed by atoms with Crippen LogP contribution in [0, 0.1) is 0 Å². The number of amides is 2. The molecular weight excluding hydrogens is 478 g/mol. The molecule has 1 fully saturated rings. The van der Waals surface area contributed by atoms with Crippen LogP contribution in [-0.2, 0) is 25.5 Å². The number of ether oxygens (including phenoxy) is 1. The van der Waals surface area contributed by atoms with Gasteiger partial charge in [-0.2, -0.15) is 0 Å².